The summed E-state index contributed by atoms with van der Waals surface area (Å²) in [6.07, 6.45) is 2.37. The molecular weight excluding hydrogens is 290 g/mol. The third-order valence-corrected chi connectivity index (χ3v) is 3.72. The Balaban J connectivity index is 0.000000774. The second-order valence-corrected chi connectivity index (χ2v) is 5.05. The maximum absolute atomic E-state index is 5.98. The number of aromatic nitrogens is 4. The zero-order chi connectivity index (χ0) is 15.4. The van der Waals surface area contributed by atoms with Crippen molar-refractivity contribution >= 4 is 23.4 Å². The van der Waals surface area contributed by atoms with Crippen LogP contribution in [0.3, 0.4) is 0 Å². The predicted octanol–water partition coefficient (Wildman–Crippen LogP) is 1.59. The van der Waals surface area contributed by atoms with Crippen molar-refractivity contribution in [2.45, 2.75) is 19.8 Å². The summed E-state index contributed by atoms with van der Waals surface area (Å²) >= 11 is 5.98. The van der Waals surface area contributed by atoms with Crippen molar-refractivity contribution in [1.29, 1.82) is 0 Å². The predicted molar refractivity (Wildman–Crippen MR) is 85.3 cm³/mol. The van der Waals surface area contributed by atoms with Crippen LogP contribution < -0.4 is 16.4 Å². The van der Waals surface area contributed by atoms with Gasteiger partial charge < -0.3 is 16.4 Å². The van der Waals surface area contributed by atoms with E-state index in [0.29, 0.717) is 10.8 Å². The van der Waals surface area contributed by atoms with E-state index >= 15 is 0 Å². The SMILES string of the molecule is CN.Cc1c(-c2cc(N3CCCC3)nc(N)n2)n[nH]c1Cl. The monoisotopic (exact) mass is 309 g/mol. The molecule has 2 aromatic heterocycles. The summed E-state index contributed by atoms with van der Waals surface area (Å²) in [5.74, 6) is 1.12. The molecule has 114 valence electrons. The molecule has 0 radical (unpaired) electrons. The van der Waals surface area contributed by atoms with Crippen molar-refractivity contribution in [2.24, 2.45) is 5.73 Å². The molecule has 0 aliphatic carbocycles. The molecule has 8 heteroatoms. The summed E-state index contributed by atoms with van der Waals surface area (Å²) in [5.41, 5.74) is 12.6. The molecule has 0 atom stereocenters. The van der Waals surface area contributed by atoms with Crippen LogP contribution in [0.2, 0.25) is 5.15 Å². The van der Waals surface area contributed by atoms with E-state index in [-0.39, 0.29) is 5.95 Å². The first kappa shape index (κ1) is 15.5. The number of nitrogens with zero attached hydrogens (tertiary/aromatic N) is 4. The molecule has 3 heterocycles. The lowest BCUT2D eigenvalue weighted by atomic mass is 10.2. The van der Waals surface area contributed by atoms with Crippen molar-refractivity contribution in [2.75, 3.05) is 30.8 Å². The third kappa shape index (κ3) is 3.25. The van der Waals surface area contributed by atoms with Gasteiger partial charge in [0.1, 0.15) is 16.7 Å². The minimum Gasteiger partial charge on any atom is -0.368 e. The molecule has 5 N–H and O–H groups in total. The van der Waals surface area contributed by atoms with E-state index in [2.05, 4.69) is 30.8 Å². The normalized spacial score (nSPS) is 14.0. The average molecular weight is 310 g/mol. The molecule has 1 aliphatic heterocycles. The fourth-order valence-corrected chi connectivity index (χ4v) is 2.44. The van der Waals surface area contributed by atoms with E-state index in [1.807, 2.05) is 13.0 Å². The highest BCUT2D eigenvalue weighted by molar-refractivity contribution is 6.30. The van der Waals surface area contributed by atoms with E-state index in [1.165, 1.54) is 19.9 Å². The van der Waals surface area contributed by atoms with Crippen LogP contribution >= 0.6 is 11.6 Å². The van der Waals surface area contributed by atoms with Crippen molar-refractivity contribution in [3.05, 3.63) is 16.8 Å². The van der Waals surface area contributed by atoms with E-state index in [1.54, 1.807) is 0 Å². The Hall–Kier alpha value is -1.86. The topological polar surface area (TPSA) is 110 Å². The van der Waals surface area contributed by atoms with Crippen molar-refractivity contribution in [1.82, 2.24) is 20.2 Å². The summed E-state index contributed by atoms with van der Waals surface area (Å²) in [6.45, 7) is 3.92. The molecular formula is C13H20ClN7. The highest BCUT2D eigenvalue weighted by Crippen LogP contribution is 2.28. The minimum absolute atomic E-state index is 0.262. The van der Waals surface area contributed by atoms with E-state index in [4.69, 9.17) is 17.3 Å². The van der Waals surface area contributed by atoms with Crippen LogP contribution in [-0.2, 0) is 0 Å². The molecule has 1 aliphatic rings. The molecule has 0 saturated carbocycles. The molecule has 0 spiro atoms. The van der Waals surface area contributed by atoms with Crippen LogP contribution in [0.25, 0.3) is 11.4 Å². The Kier molecular flexibility index (Phi) is 4.98. The van der Waals surface area contributed by atoms with E-state index in [9.17, 15) is 0 Å². The van der Waals surface area contributed by atoms with E-state index < -0.39 is 0 Å². The van der Waals surface area contributed by atoms with Gasteiger partial charge in [-0.2, -0.15) is 10.1 Å². The number of hydrogen-bond donors (Lipinski definition) is 3. The largest absolute Gasteiger partial charge is 0.368 e. The summed E-state index contributed by atoms with van der Waals surface area (Å²) < 4.78 is 0. The van der Waals surface area contributed by atoms with Gasteiger partial charge in [-0.1, -0.05) is 11.6 Å². The number of rotatable bonds is 2. The molecule has 21 heavy (non-hydrogen) atoms. The first-order valence-electron chi connectivity index (χ1n) is 6.83. The molecule has 7 nitrogen and oxygen atoms in total. The van der Waals surface area contributed by atoms with Gasteiger partial charge in [0.2, 0.25) is 5.95 Å². The van der Waals surface area contributed by atoms with Gasteiger partial charge in [0, 0.05) is 24.7 Å². The number of aromatic amines is 1. The van der Waals surface area contributed by atoms with Crippen LogP contribution in [0.1, 0.15) is 18.4 Å². The minimum atomic E-state index is 0.262. The standard InChI is InChI=1S/C12H15ClN6.CH5N/c1-7-10(17-18-11(7)13)8-6-9(16-12(14)15-8)19-4-2-3-5-19;1-2/h6H,2-5H2,1H3,(H,17,18)(H2,14,15,16);2H2,1H3. The smallest absolute Gasteiger partial charge is 0.222 e. The number of nitrogen functional groups attached to an aromatic ring is 1. The lowest BCUT2D eigenvalue weighted by Crippen LogP contribution is -2.19. The average Bonchev–Trinajstić information content (AvgIpc) is 3.12. The first-order valence-corrected chi connectivity index (χ1v) is 7.21. The Morgan fingerprint density at radius 2 is 1.90 bits per heavy atom. The molecule has 3 rings (SSSR count). The second-order valence-electron chi connectivity index (χ2n) is 4.67. The zero-order valence-corrected chi connectivity index (χ0v) is 13.0. The number of H-pyrrole nitrogens is 1. The van der Waals surface area contributed by atoms with Crippen molar-refractivity contribution in [3.63, 3.8) is 0 Å². The van der Waals surface area contributed by atoms with Gasteiger partial charge in [-0.25, -0.2) is 4.98 Å². The highest BCUT2D eigenvalue weighted by atomic mass is 35.5. The van der Waals surface area contributed by atoms with Crippen LogP contribution in [0.4, 0.5) is 11.8 Å². The summed E-state index contributed by atoms with van der Waals surface area (Å²) in [4.78, 5) is 10.8. The van der Waals surface area contributed by atoms with Crippen LogP contribution in [-0.4, -0.2) is 40.3 Å². The Morgan fingerprint density at radius 1 is 1.24 bits per heavy atom. The van der Waals surface area contributed by atoms with Crippen LogP contribution in [0.15, 0.2) is 6.07 Å². The third-order valence-electron chi connectivity index (χ3n) is 3.35. The maximum Gasteiger partial charge on any atom is 0.222 e. The number of nitrogens with two attached hydrogens (primary N) is 2. The number of halogens is 1. The molecule has 0 aromatic carbocycles. The Morgan fingerprint density at radius 3 is 2.48 bits per heavy atom. The van der Waals surface area contributed by atoms with Crippen molar-refractivity contribution < 1.29 is 0 Å². The fraction of sp³-hybridized carbons (Fsp3) is 0.462. The Bertz CT molecular complexity index is 605. The maximum atomic E-state index is 5.98. The molecule has 1 saturated heterocycles. The summed E-state index contributed by atoms with van der Waals surface area (Å²) in [6, 6.07) is 1.92. The quantitative estimate of drug-likeness (QED) is 0.777. The number of nitrogens with one attached hydrogen (secondary N) is 1. The first-order chi connectivity index (χ1) is 10.1. The summed E-state index contributed by atoms with van der Waals surface area (Å²) in [7, 11) is 1.50. The van der Waals surface area contributed by atoms with Gasteiger partial charge in [-0.05, 0) is 26.8 Å². The molecule has 0 amide bonds. The lowest BCUT2D eigenvalue weighted by Gasteiger charge is -2.16. The second kappa shape index (κ2) is 6.73. The Labute approximate surface area is 128 Å². The zero-order valence-electron chi connectivity index (χ0n) is 12.2. The van der Waals surface area contributed by atoms with Gasteiger partial charge in [0.25, 0.3) is 0 Å². The van der Waals surface area contributed by atoms with Gasteiger partial charge in [0.05, 0.1) is 5.69 Å². The number of hydrogen-bond acceptors (Lipinski definition) is 6. The van der Waals surface area contributed by atoms with Crippen LogP contribution in [0.5, 0.6) is 0 Å². The van der Waals surface area contributed by atoms with Gasteiger partial charge in [-0.3, -0.25) is 5.10 Å². The van der Waals surface area contributed by atoms with Gasteiger partial charge in [0.15, 0.2) is 0 Å². The van der Waals surface area contributed by atoms with Crippen molar-refractivity contribution in [3.8, 4) is 11.4 Å². The fourth-order valence-electron chi connectivity index (χ4n) is 2.31. The molecule has 2 aromatic rings. The molecule has 0 bridgehead atoms. The van der Waals surface area contributed by atoms with Crippen LogP contribution in [0, 0.1) is 6.92 Å². The van der Waals surface area contributed by atoms with Gasteiger partial charge in [-0.15, -0.1) is 0 Å². The number of anilines is 2. The highest BCUT2D eigenvalue weighted by Gasteiger charge is 2.18. The molecule has 0 unspecified atom stereocenters. The summed E-state index contributed by atoms with van der Waals surface area (Å²) in [5, 5.41) is 7.44. The molecule has 1 fully saturated rings. The lowest BCUT2D eigenvalue weighted by molar-refractivity contribution is 0.931. The van der Waals surface area contributed by atoms with E-state index in [0.717, 1.165) is 30.2 Å². The van der Waals surface area contributed by atoms with Gasteiger partial charge >= 0.3 is 0 Å².